The second-order valence-electron chi connectivity index (χ2n) is 9.06. The van der Waals surface area contributed by atoms with E-state index in [1.807, 2.05) is 48.7 Å². The number of benzene rings is 1. The van der Waals surface area contributed by atoms with E-state index in [1.165, 1.54) is 40.9 Å². The van der Waals surface area contributed by atoms with E-state index < -0.39 is 11.8 Å². The van der Waals surface area contributed by atoms with E-state index in [9.17, 15) is 19.2 Å². The molecule has 0 radical (unpaired) electrons. The second-order valence-corrected chi connectivity index (χ2v) is 11.0. The number of hydrazine groups is 1. The molecule has 12 heteroatoms. The van der Waals surface area contributed by atoms with Gasteiger partial charge in [0.25, 0.3) is 23.6 Å². The zero-order valence-corrected chi connectivity index (χ0v) is 23.0. The molecule has 0 saturated carbocycles. The fourth-order valence-electron chi connectivity index (χ4n) is 4.42. The van der Waals surface area contributed by atoms with Gasteiger partial charge in [-0.15, -0.1) is 22.7 Å². The predicted octanol–water partition coefficient (Wildman–Crippen LogP) is 4.34. The number of aryl methyl sites for hydroxylation is 1. The van der Waals surface area contributed by atoms with Gasteiger partial charge in [-0.25, -0.2) is 9.97 Å². The van der Waals surface area contributed by atoms with Crippen LogP contribution >= 0.6 is 22.7 Å². The zero-order chi connectivity index (χ0) is 28.0. The molecule has 0 aliphatic carbocycles. The van der Waals surface area contributed by atoms with Crippen molar-refractivity contribution in [1.29, 1.82) is 0 Å². The molecule has 5 heterocycles. The highest BCUT2D eigenvalue weighted by atomic mass is 32.1. The Morgan fingerprint density at radius 3 is 2.35 bits per heavy atom. The van der Waals surface area contributed by atoms with Gasteiger partial charge in [-0.05, 0) is 60.7 Å². The molecule has 0 unspecified atom stereocenters. The molecular weight excluding hydrogens is 550 g/mol. The first-order chi connectivity index (χ1) is 19.3. The number of amides is 4. The third kappa shape index (κ3) is 4.56. The van der Waals surface area contributed by atoms with Gasteiger partial charge in [-0.3, -0.25) is 29.5 Å². The first-order valence-electron chi connectivity index (χ1n) is 12.3. The molecule has 6 rings (SSSR count). The molecule has 2 aliphatic rings. The van der Waals surface area contributed by atoms with Gasteiger partial charge in [-0.2, -0.15) is 5.01 Å². The highest BCUT2D eigenvalue weighted by Gasteiger charge is 2.30. The highest BCUT2D eigenvalue weighted by Crippen LogP contribution is 2.42. The lowest BCUT2D eigenvalue weighted by Crippen LogP contribution is -2.36. The summed E-state index contributed by atoms with van der Waals surface area (Å²) in [5, 5.41) is 3.63. The van der Waals surface area contributed by atoms with Crippen LogP contribution in [0.5, 0.6) is 5.75 Å². The van der Waals surface area contributed by atoms with Crippen LogP contribution in [0, 0.1) is 6.92 Å². The van der Waals surface area contributed by atoms with E-state index in [2.05, 4.69) is 5.43 Å². The van der Waals surface area contributed by atoms with Crippen LogP contribution in [0.2, 0.25) is 0 Å². The minimum absolute atomic E-state index is 0.167. The van der Waals surface area contributed by atoms with Gasteiger partial charge in [0.05, 0.1) is 16.8 Å². The Balaban J connectivity index is 1.29. The summed E-state index contributed by atoms with van der Waals surface area (Å²) in [5.41, 5.74) is 5.12. The highest BCUT2D eigenvalue weighted by molar-refractivity contribution is 7.22. The Hall–Kier alpha value is -4.68. The number of nitrogens with one attached hydrogen (secondary N) is 1. The van der Waals surface area contributed by atoms with Crippen LogP contribution in [-0.4, -0.2) is 56.7 Å². The van der Waals surface area contributed by atoms with Crippen molar-refractivity contribution in [3.05, 3.63) is 71.1 Å². The molecule has 0 bridgehead atoms. The smallest absolute Gasteiger partial charge is 0.275 e. The first kappa shape index (κ1) is 25.6. The summed E-state index contributed by atoms with van der Waals surface area (Å²) in [4.78, 5) is 61.6. The largest absolute Gasteiger partial charge is 0.492 e. The van der Waals surface area contributed by atoms with Crippen LogP contribution in [0.1, 0.15) is 12.5 Å². The topological polar surface area (TPSA) is 122 Å². The predicted molar refractivity (Wildman–Crippen MR) is 151 cm³/mol. The van der Waals surface area contributed by atoms with Crippen molar-refractivity contribution in [2.24, 2.45) is 0 Å². The molecule has 0 spiro atoms. The van der Waals surface area contributed by atoms with E-state index >= 15 is 0 Å². The number of anilines is 1. The van der Waals surface area contributed by atoms with Gasteiger partial charge in [0.1, 0.15) is 17.2 Å². The number of carbonyl (C=O) groups excluding carboxylic acids is 4. The quantitative estimate of drug-likeness (QED) is 0.310. The van der Waals surface area contributed by atoms with Gasteiger partial charge >= 0.3 is 0 Å². The van der Waals surface area contributed by atoms with Crippen LogP contribution in [0.25, 0.3) is 31.4 Å². The number of ether oxygens (including phenoxy) is 1. The minimum atomic E-state index is -0.453. The van der Waals surface area contributed by atoms with Crippen molar-refractivity contribution in [3.63, 3.8) is 0 Å². The number of hydrogen-bond donors (Lipinski definition) is 1. The van der Waals surface area contributed by atoms with Crippen molar-refractivity contribution in [2.45, 2.75) is 13.8 Å². The monoisotopic (exact) mass is 571 g/mol. The number of hydrogen-bond acceptors (Lipinski definition) is 10. The number of imide groups is 2. The van der Waals surface area contributed by atoms with Gasteiger partial charge in [0, 0.05) is 28.7 Å². The third-order valence-electron chi connectivity index (χ3n) is 6.45. The lowest BCUT2D eigenvalue weighted by molar-refractivity contribution is -0.138. The van der Waals surface area contributed by atoms with Crippen LogP contribution in [0.3, 0.4) is 0 Å². The van der Waals surface area contributed by atoms with E-state index in [0.717, 1.165) is 36.2 Å². The Kier molecular flexibility index (Phi) is 6.48. The van der Waals surface area contributed by atoms with Crippen molar-refractivity contribution in [1.82, 2.24) is 19.9 Å². The van der Waals surface area contributed by atoms with Gasteiger partial charge in [0.2, 0.25) is 0 Å². The molecule has 0 fully saturated rings. The first-order valence-corrected chi connectivity index (χ1v) is 13.9. The summed E-state index contributed by atoms with van der Waals surface area (Å²) >= 11 is 2.98. The Morgan fingerprint density at radius 2 is 1.70 bits per heavy atom. The van der Waals surface area contributed by atoms with Gasteiger partial charge < -0.3 is 4.74 Å². The number of rotatable bonds is 8. The third-order valence-corrected chi connectivity index (χ3v) is 8.55. The number of aromatic nitrogens is 2. The molecule has 1 aromatic carbocycles. The summed E-state index contributed by atoms with van der Waals surface area (Å²) < 4.78 is 5.75. The second kappa shape index (κ2) is 10.1. The molecule has 3 aromatic heterocycles. The summed E-state index contributed by atoms with van der Waals surface area (Å²) in [6.45, 7) is 3.89. The van der Waals surface area contributed by atoms with Crippen LogP contribution in [0.15, 0.2) is 65.6 Å². The zero-order valence-electron chi connectivity index (χ0n) is 21.3. The maximum Gasteiger partial charge on any atom is 0.275 e. The van der Waals surface area contributed by atoms with E-state index in [1.54, 1.807) is 6.92 Å². The normalized spacial score (nSPS) is 15.1. The number of carbonyl (C=O) groups is 4. The Morgan fingerprint density at radius 1 is 0.950 bits per heavy atom. The average molecular weight is 572 g/mol. The van der Waals surface area contributed by atoms with E-state index in [0.29, 0.717) is 27.8 Å². The molecule has 200 valence electrons. The van der Waals surface area contributed by atoms with Crippen molar-refractivity contribution in [3.8, 4) is 26.9 Å². The molecule has 0 atom stereocenters. The molecule has 4 amide bonds. The van der Waals surface area contributed by atoms with Crippen molar-refractivity contribution >= 4 is 62.3 Å². The molecule has 1 N–H and O–H groups in total. The Bertz CT molecular complexity index is 1740. The SMILES string of the molecule is CC1=CC(=O)N(Nc2nc(-c3cccs3)nc3sc(-c4ccc(OCCN5C(=O)C=CC5=O)cc4)c(C)c23)C1=O. The van der Waals surface area contributed by atoms with Crippen molar-refractivity contribution < 1.29 is 23.9 Å². The molecule has 10 nitrogen and oxygen atoms in total. The lowest BCUT2D eigenvalue weighted by Gasteiger charge is -2.17. The number of thiophene rings is 2. The molecular formula is C28H21N5O5S2. The molecule has 4 aromatic rings. The summed E-state index contributed by atoms with van der Waals surface area (Å²) in [5.74, 6) is -0.0838. The molecule has 2 aliphatic heterocycles. The molecule has 40 heavy (non-hydrogen) atoms. The fraction of sp³-hybridized carbons (Fsp3) is 0.143. The standard InChI is InChI=1S/C28H21N5O5S2/c1-15-14-22(36)33(28(15)37)31-26-23-16(2)24(40-27(23)30-25(29-26)19-4-3-13-39-19)17-5-7-18(8-6-17)38-12-11-32-20(34)9-10-21(32)35/h3-10,13-14H,11-12H2,1-2H3,(H,29,30,31). The summed E-state index contributed by atoms with van der Waals surface area (Å²) in [7, 11) is 0. The fourth-order valence-corrected chi connectivity index (χ4v) is 6.26. The lowest BCUT2D eigenvalue weighted by atomic mass is 10.1. The summed E-state index contributed by atoms with van der Waals surface area (Å²) in [6, 6.07) is 11.3. The van der Waals surface area contributed by atoms with Gasteiger partial charge in [0.15, 0.2) is 11.6 Å². The minimum Gasteiger partial charge on any atom is -0.492 e. The van der Waals surface area contributed by atoms with Gasteiger partial charge in [-0.1, -0.05) is 6.07 Å². The van der Waals surface area contributed by atoms with E-state index in [-0.39, 0.29) is 25.0 Å². The Labute approximate surface area is 236 Å². The maximum absolute atomic E-state index is 12.6. The molecule has 0 saturated heterocycles. The van der Waals surface area contributed by atoms with Crippen LogP contribution in [0.4, 0.5) is 5.82 Å². The number of fused-ring (bicyclic) bond motifs is 1. The van der Waals surface area contributed by atoms with E-state index in [4.69, 9.17) is 14.7 Å². The van der Waals surface area contributed by atoms with Crippen LogP contribution in [-0.2, 0) is 19.2 Å². The summed E-state index contributed by atoms with van der Waals surface area (Å²) in [6.07, 6.45) is 3.79. The average Bonchev–Trinajstić information content (AvgIpc) is 3.71. The maximum atomic E-state index is 12.6. The van der Waals surface area contributed by atoms with Crippen molar-refractivity contribution in [2.75, 3.05) is 18.6 Å². The number of nitrogens with zero attached hydrogens (tertiary/aromatic N) is 4. The van der Waals surface area contributed by atoms with Crippen LogP contribution < -0.4 is 10.2 Å².